The molecule has 2 fully saturated rings. The molecule has 0 bridgehead atoms. The maximum Gasteiger partial charge on any atom is 0.306 e. The van der Waals surface area contributed by atoms with E-state index in [-0.39, 0.29) is 26.1 Å². The molecule has 0 aromatic rings. The first kappa shape index (κ1) is 68.1. The van der Waals surface area contributed by atoms with E-state index in [1.54, 1.807) is 0 Å². The Kier molecular flexibility index (Phi) is 42.3. The summed E-state index contributed by atoms with van der Waals surface area (Å²) in [7, 11) is 0. The van der Waals surface area contributed by atoms with Gasteiger partial charge in [0.15, 0.2) is 18.7 Å². The molecule has 2 aliphatic heterocycles. The van der Waals surface area contributed by atoms with Crippen molar-refractivity contribution in [2.75, 3.05) is 26.4 Å². The number of unbranched alkanes of at least 4 members (excludes halogenated alkanes) is 32. The number of hydrogen-bond donors (Lipinski definition) is 7. The van der Waals surface area contributed by atoms with Gasteiger partial charge in [0.05, 0.1) is 19.8 Å². The van der Waals surface area contributed by atoms with Gasteiger partial charge in [-0.1, -0.05) is 205 Å². The molecule has 4 unspecified atom stereocenters. The maximum atomic E-state index is 13.0. The highest BCUT2D eigenvalue weighted by Crippen LogP contribution is 2.27. The van der Waals surface area contributed by atoms with Gasteiger partial charge in [-0.2, -0.15) is 0 Å². The van der Waals surface area contributed by atoms with Crippen molar-refractivity contribution in [2.45, 2.75) is 312 Å². The van der Waals surface area contributed by atoms with Crippen LogP contribution in [-0.4, -0.2) is 142 Å². The molecule has 2 heterocycles. The van der Waals surface area contributed by atoms with Gasteiger partial charge in [0.25, 0.3) is 0 Å². The maximum absolute atomic E-state index is 13.0. The van der Waals surface area contributed by atoms with E-state index in [1.165, 1.54) is 167 Å². The molecule has 2 aliphatic rings. The van der Waals surface area contributed by atoms with Crippen molar-refractivity contribution in [3.8, 4) is 0 Å². The molecule has 7 N–H and O–H groups in total. The van der Waals surface area contributed by atoms with Crippen LogP contribution < -0.4 is 0 Å². The molecule has 0 spiro atoms. The summed E-state index contributed by atoms with van der Waals surface area (Å²) in [5.74, 6) is -0.953. The third kappa shape index (κ3) is 32.7. The van der Waals surface area contributed by atoms with E-state index in [9.17, 15) is 45.3 Å². The molecule has 0 saturated carbocycles. The predicted octanol–water partition coefficient (Wildman–Crippen LogP) is 10.3. The number of rotatable bonds is 49. The second-order valence-electron chi connectivity index (χ2n) is 21.3. The zero-order valence-corrected chi connectivity index (χ0v) is 46.2. The number of aliphatic hydroxyl groups excluding tert-OH is 7. The molecular weight excluding hydrogens is 949 g/mol. The third-order valence-corrected chi connectivity index (χ3v) is 14.5. The topological polar surface area (TPSA) is 231 Å². The van der Waals surface area contributed by atoms with Gasteiger partial charge in [-0.25, -0.2) is 0 Å². The van der Waals surface area contributed by atoms with E-state index in [2.05, 4.69) is 25.7 Å². The Morgan fingerprint density at radius 2 is 0.851 bits per heavy atom. The third-order valence-electron chi connectivity index (χ3n) is 14.5. The molecule has 15 nitrogen and oxygen atoms in total. The number of aliphatic hydroxyl groups is 7. The summed E-state index contributed by atoms with van der Waals surface area (Å²) in [4.78, 5) is 25.9. The Bertz CT molecular complexity index is 1370. The van der Waals surface area contributed by atoms with E-state index in [0.29, 0.717) is 12.8 Å². The first-order chi connectivity index (χ1) is 36.0. The fraction of sp³-hybridized carbons (Fsp3) is 0.898. The van der Waals surface area contributed by atoms with Gasteiger partial charge in [-0.15, -0.1) is 6.58 Å². The first-order valence-corrected chi connectivity index (χ1v) is 29.9. The van der Waals surface area contributed by atoms with Crippen molar-refractivity contribution < 1.29 is 73.8 Å². The van der Waals surface area contributed by atoms with E-state index < -0.39 is 92.7 Å². The van der Waals surface area contributed by atoms with E-state index in [4.69, 9.17) is 28.4 Å². The van der Waals surface area contributed by atoms with Gasteiger partial charge in [0, 0.05) is 12.8 Å². The minimum Gasteiger partial charge on any atom is -0.462 e. The Labute approximate surface area is 447 Å². The van der Waals surface area contributed by atoms with E-state index in [0.717, 1.165) is 44.9 Å². The van der Waals surface area contributed by atoms with Crippen LogP contribution in [0.2, 0.25) is 0 Å². The zero-order chi connectivity index (χ0) is 53.9. The van der Waals surface area contributed by atoms with Crippen LogP contribution in [0, 0.1) is 0 Å². The van der Waals surface area contributed by atoms with Crippen molar-refractivity contribution in [3.05, 3.63) is 24.8 Å². The highest BCUT2D eigenvalue weighted by Gasteiger charge is 2.47. The quantitative estimate of drug-likeness (QED) is 0.0171. The molecule has 11 atom stereocenters. The second kappa shape index (κ2) is 45.9. The Hall–Kier alpha value is -2.02. The van der Waals surface area contributed by atoms with Crippen LogP contribution in [0.4, 0.5) is 0 Å². The van der Waals surface area contributed by atoms with Crippen LogP contribution in [0.15, 0.2) is 24.8 Å². The Balaban J connectivity index is 1.72. The molecule has 0 amide bonds. The molecule has 0 aliphatic carbocycles. The van der Waals surface area contributed by atoms with Crippen molar-refractivity contribution >= 4 is 11.9 Å². The highest BCUT2D eigenvalue weighted by atomic mass is 16.7. The van der Waals surface area contributed by atoms with E-state index in [1.807, 2.05) is 6.08 Å². The fourth-order valence-electron chi connectivity index (χ4n) is 9.67. The van der Waals surface area contributed by atoms with Gasteiger partial charge in [-0.3, -0.25) is 9.59 Å². The van der Waals surface area contributed by atoms with Crippen LogP contribution >= 0.6 is 0 Å². The largest absolute Gasteiger partial charge is 0.462 e. The molecule has 0 aromatic carbocycles. The minimum atomic E-state index is -1.77. The van der Waals surface area contributed by atoms with E-state index >= 15 is 0 Å². The Morgan fingerprint density at radius 3 is 1.32 bits per heavy atom. The first-order valence-electron chi connectivity index (χ1n) is 29.9. The number of ether oxygens (including phenoxy) is 6. The number of esters is 2. The fourth-order valence-corrected chi connectivity index (χ4v) is 9.67. The van der Waals surface area contributed by atoms with Gasteiger partial charge in [-0.05, 0) is 44.9 Å². The lowest BCUT2D eigenvalue weighted by molar-refractivity contribution is -0.332. The SMILES string of the molecule is C=CCCCCCCCCCCCCCCCC(=O)O[C@@H](COC(=O)CCC/C=C/CCCCCCCCCCCCCCCCCCCC)CO[C@@H]1O[C@H](CO[C@@H]2O[C@H](CO)[C@H](O)C(O)C2O)[C@H](O)C(O)C1O. The second-order valence-corrected chi connectivity index (χ2v) is 21.3. The molecule has 15 heteroatoms. The van der Waals surface area contributed by atoms with Crippen molar-refractivity contribution in [1.29, 1.82) is 0 Å². The monoisotopic (exact) mass is 1060 g/mol. The van der Waals surface area contributed by atoms with Crippen molar-refractivity contribution in [3.63, 3.8) is 0 Å². The highest BCUT2D eigenvalue weighted by molar-refractivity contribution is 5.70. The van der Waals surface area contributed by atoms with Crippen LogP contribution in [0.3, 0.4) is 0 Å². The summed E-state index contributed by atoms with van der Waals surface area (Å²) in [6.45, 7) is 4.15. The van der Waals surface area contributed by atoms with Gasteiger partial charge in [0.1, 0.15) is 55.4 Å². The molecular formula is C59H108O15. The zero-order valence-electron chi connectivity index (χ0n) is 46.2. The number of hydrogen-bond acceptors (Lipinski definition) is 15. The molecule has 74 heavy (non-hydrogen) atoms. The summed E-state index contributed by atoms with van der Waals surface area (Å²) in [5.41, 5.74) is 0. The lowest BCUT2D eigenvalue weighted by atomic mass is 9.98. The summed E-state index contributed by atoms with van der Waals surface area (Å²) >= 11 is 0. The molecule has 2 saturated heterocycles. The van der Waals surface area contributed by atoms with Crippen LogP contribution in [-0.2, 0) is 38.0 Å². The number of carbonyl (C=O) groups excluding carboxylic acids is 2. The van der Waals surface area contributed by atoms with Gasteiger partial charge >= 0.3 is 11.9 Å². The average Bonchev–Trinajstić information content (AvgIpc) is 3.39. The molecule has 434 valence electrons. The predicted molar refractivity (Wildman–Crippen MR) is 289 cm³/mol. The van der Waals surface area contributed by atoms with Gasteiger partial charge < -0.3 is 64.2 Å². The lowest BCUT2D eigenvalue weighted by Crippen LogP contribution is -2.61. The van der Waals surface area contributed by atoms with Crippen molar-refractivity contribution in [1.82, 2.24) is 0 Å². The van der Waals surface area contributed by atoms with Crippen LogP contribution in [0.5, 0.6) is 0 Å². The summed E-state index contributed by atoms with van der Waals surface area (Å²) in [5, 5.41) is 72.3. The molecule has 0 aromatic heterocycles. The van der Waals surface area contributed by atoms with Crippen LogP contribution in [0.1, 0.15) is 244 Å². The van der Waals surface area contributed by atoms with Crippen molar-refractivity contribution in [2.24, 2.45) is 0 Å². The number of carbonyl (C=O) groups is 2. The molecule has 0 radical (unpaired) electrons. The number of allylic oxidation sites excluding steroid dienone is 3. The lowest BCUT2D eigenvalue weighted by Gasteiger charge is -2.42. The summed E-state index contributed by atoms with van der Waals surface area (Å²) < 4.78 is 33.7. The average molecular weight is 1060 g/mol. The normalized spacial score (nSPS) is 24.6. The van der Waals surface area contributed by atoms with Gasteiger partial charge in [0.2, 0.25) is 0 Å². The Morgan fingerprint density at radius 1 is 0.459 bits per heavy atom. The van der Waals surface area contributed by atoms with Crippen LogP contribution in [0.25, 0.3) is 0 Å². The smallest absolute Gasteiger partial charge is 0.306 e. The summed E-state index contributed by atoms with van der Waals surface area (Å²) in [6.07, 6.45) is 32.5. The minimum absolute atomic E-state index is 0.161. The molecule has 2 rings (SSSR count). The standard InChI is InChI=1S/C59H108O15/c1-3-5-7-9-11-13-15-17-19-20-21-22-23-24-25-26-28-29-31-33-35-37-39-41-50(61)69-44-47(72-51(62)42-40-38-36-34-32-30-27-18-16-14-12-10-8-6-4-2)45-70-58-57(68)55(66)53(64)49(74-58)46-71-59-56(67)54(65)52(63)48(43-60)73-59/h4,33,35,47-49,52-60,63-68H,2-3,5-32,34,36-46H2,1H3/b35-33+/t47-,48+,49+,52-,53-,54?,55?,56?,57?,58+,59+/m0/s1. The summed E-state index contributed by atoms with van der Waals surface area (Å²) in [6, 6.07) is 0.